The van der Waals surface area contributed by atoms with Crippen molar-refractivity contribution in [2.45, 2.75) is 106 Å². The summed E-state index contributed by atoms with van der Waals surface area (Å²) in [5.41, 5.74) is 8.05. The van der Waals surface area contributed by atoms with Gasteiger partial charge in [0.1, 0.15) is 0 Å². The summed E-state index contributed by atoms with van der Waals surface area (Å²) in [6.07, 6.45) is 10.7. The Bertz CT molecular complexity index is 1870. The predicted octanol–water partition coefficient (Wildman–Crippen LogP) is 5.94. The number of nitrogens with zero attached hydrogens (tertiary/aromatic N) is 3. The Morgan fingerprint density at radius 1 is 0.979 bits per heavy atom. The number of aromatic nitrogens is 1. The van der Waals surface area contributed by atoms with Gasteiger partial charge in [0.05, 0.1) is 36.8 Å². The van der Waals surface area contributed by atoms with Crippen LogP contribution in [0.15, 0.2) is 42.5 Å². The molecule has 9 atom stereocenters. The molecule has 9 aliphatic rings. The van der Waals surface area contributed by atoms with E-state index in [4.69, 9.17) is 4.74 Å². The fraction of sp³-hybridized carbons (Fsp3) is 0.625. The molecule has 2 aromatic carbocycles. The molecular formula is C40H48N4O3. The van der Waals surface area contributed by atoms with Crippen LogP contribution in [0, 0.1) is 16.7 Å². The summed E-state index contributed by atoms with van der Waals surface area (Å²) in [6.45, 7) is 6.59. The molecule has 7 heteroatoms. The molecular weight excluding hydrogens is 584 g/mol. The summed E-state index contributed by atoms with van der Waals surface area (Å²) in [5.74, 6) is -0.134. The molecule has 3 spiro atoms. The second-order valence-electron chi connectivity index (χ2n) is 17.0. The average molecular weight is 633 g/mol. The van der Waals surface area contributed by atoms with Crippen molar-refractivity contribution in [3.05, 3.63) is 64.8 Å². The number of ether oxygens (including phenoxy) is 1. The first kappa shape index (κ1) is 28.0. The summed E-state index contributed by atoms with van der Waals surface area (Å²) in [4.78, 5) is 19.2. The summed E-state index contributed by atoms with van der Waals surface area (Å²) >= 11 is 0. The number of hydrogen-bond donors (Lipinski definition) is 2. The molecule has 3 saturated carbocycles. The number of nitrogens with one attached hydrogen (secondary N) is 1. The molecule has 7 heterocycles. The minimum absolute atomic E-state index is 0.0176. The highest BCUT2D eigenvalue weighted by molar-refractivity contribution is 5.87. The van der Waals surface area contributed by atoms with Crippen molar-refractivity contribution >= 4 is 22.6 Å². The maximum Gasteiger partial charge on any atom is 0.311 e. The Labute approximate surface area is 277 Å². The van der Waals surface area contributed by atoms with Crippen molar-refractivity contribution < 1.29 is 14.6 Å². The summed E-state index contributed by atoms with van der Waals surface area (Å²) in [6, 6.07) is 17.4. The first-order valence-electron chi connectivity index (χ1n) is 18.7. The summed E-state index contributed by atoms with van der Waals surface area (Å²) < 4.78 is 8.30. The van der Waals surface area contributed by atoms with E-state index in [1.54, 1.807) is 7.11 Å². The molecule has 0 radical (unpaired) electrons. The molecule has 1 aromatic heterocycles. The fourth-order valence-corrected chi connectivity index (χ4v) is 14.3. The number of carbonyl (C=O) groups excluding carboxylic acids is 1. The van der Waals surface area contributed by atoms with Crippen molar-refractivity contribution in [2.75, 3.05) is 38.6 Å². The largest absolute Gasteiger partial charge is 0.469 e. The van der Waals surface area contributed by atoms with E-state index in [-0.39, 0.29) is 51.9 Å². The lowest BCUT2D eigenvalue weighted by molar-refractivity contribution is -0.171. The molecule has 0 amide bonds. The molecule has 0 unspecified atom stereocenters. The van der Waals surface area contributed by atoms with Gasteiger partial charge in [-0.25, -0.2) is 0 Å². The van der Waals surface area contributed by atoms with E-state index in [0.717, 1.165) is 64.6 Å². The van der Waals surface area contributed by atoms with Gasteiger partial charge < -0.3 is 19.7 Å². The van der Waals surface area contributed by atoms with Crippen LogP contribution in [0.25, 0.3) is 10.9 Å². The van der Waals surface area contributed by atoms with Crippen LogP contribution in [0.3, 0.4) is 0 Å². The maximum absolute atomic E-state index is 13.7. The van der Waals surface area contributed by atoms with E-state index in [1.807, 2.05) is 0 Å². The van der Waals surface area contributed by atoms with Crippen LogP contribution < -0.4 is 5.32 Å². The minimum atomic E-state index is -0.382. The number of piperidine rings is 2. The number of hydrogen-bond acceptors (Lipinski definition) is 6. The number of para-hydroxylation sites is 1. The third kappa shape index (κ3) is 3.03. The lowest BCUT2D eigenvalue weighted by atomic mass is 9.39. The van der Waals surface area contributed by atoms with Crippen LogP contribution in [0.1, 0.15) is 99.2 Å². The van der Waals surface area contributed by atoms with Gasteiger partial charge in [-0.3, -0.25) is 14.6 Å². The molecule has 3 aliphatic carbocycles. The van der Waals surface area contributed by atoms with Gasteiger partial charge in [0.25, 0.3) is 0 Å². The number of benzene rings is 2. The van der Waals surface area contributed by atoms with Gasteiger partial charge in [-0.1, -0.05) is 30.3 Å². The number of anilines is 1. The minimum Gasteiger partial charge on any atom is -0.469 e. The van der Waals surface area contributed by atoms with E-state index in [0.29, 0.717) is 6.04 Å². The van der Waals surface area contributed by atoms with Crippen LogP contribution in [0.4, 0.5) is 5.69 Å². The molecule has 3 saturated heterocycles. The highest BCUT2D eigenvalue weighted by atomic mass is 16.5. The quantitative estimate of drug-likeness (QED) is 0.349. The number of aliphatic hydroxyl groups excluding tert-OH is 1. The Balaban J connectivity index is 1.11. The SMILES string of the molecule is COC(=O)[C@@H]1C[C@@]23CCCN4CC[C@@]5(c6ccc([C@@H]7C[C@@]8([C@@H](C)O)CCCN9CCc%10c(n7c7ccccc%107)[C@H]98)cc6N[C@]15CC2)[C@@H]43. The van der Waals surface area contributed by atoms with Crippen molar-refractivity contribution in [3.8, 4) is 0 Å². The Hall–Kier alpha value is -2.87. The zero-order valence-electron chi connectivity index (χ0n) is 27.9. The van der Waals surface area contributed by atoms with Gasteiger partial charge in [-0.2, -0.15) is 0 Å². The van der Waals surface area contributed by atoms with Crippen LogP contribution in [-0.2, 0) is 21.4 Å². The molecule has 2 bridgehead atoms. The topological polar surface area (TPSA) is 70.0 Å². The lowest BCUT2D eigenvalue weighted by Crippen LogP contribution is -2.76. The zero-order valence-corrected chi connectivity index (χ0v) is 27.9. The van der Waals surface area contributed by atoms with Crippen LogP contribution in [0.2, 0.25) is 0 Å². The highest BCUT2D eigenvalue weighted by Crippen LogP contribution is 2.74. The number of methoxy groups -OCH3 is 1. The molecule has 246 valence electrons. The lowest BCUT2D eigenvalue weighted by Gasteiger charge is -2.69. The third-order valence-corrected chi connectivity index (χ3v) is 15.8. The van der Waals surface area contributed by atoms with Gasteiger partial charge in [0.15, 0.2) is 0 Å². The maximum atomic E-state index is 13.7. The van der Waals surface area contributed by atoms with Crippen molar-refractivity contribution in [1.82, 2.24) is 14.4 Å². The molecule has 6 fully saturated rings. The first-order valence-corrected chi connectivity index (χ1v) is 18.7. The van der Waals surface area contributed by atoms with E-state index in [9.17, 15) is 9.90 Å². The van der Waals surface area contributed by atoms with Gasteiger partial charge in [-0.15, -0.1) is 0 Å². The Morgan fingerprint density at radius 3 is 2.70 bits per heavy atom. The predicted molar refractivity (Wildman–Crippen MR) is 182 cm³/mol. The molecule has 2 N–H and O–H groups in total. The fourth-order valence-electron chi connectivity index (χ4n) is 14.3. The normalized spacial score (nSPS) is 41.5. The number of rotatable bonds is 3. The Morgan fingerprint density at radius 2 is 1.83 bits per heavy atom. The number of esters is 1. The molecule has 6 aliphatic heterocycles. The second-order valence-corrected chi connectivity index (χ2v) is 17.0. The van der Waals surface area contributed by atoms with E-state index in [2.05, 4.69) is 69.1 Å². The smallest absolute Gasteiger partial charge is 0.311 e. The highest BCUT2D eigenvalue weighted by Gasteiger charge is 2.79. The van der Waals surface area contributed by atoms with Crippen molar-refractivity contribution in [1.29, 1.82) is 0 Å². The van der Waals surface area contributed by atoms with Gasteiger partial charge in [0.2, 0.25) is 0 Å². The monoisotopic (exact) mass is 632 g/mol. The second kappa shape index (κ2) is 9.02. The third-order valence-electron chi connectivity index (χ3n) is 15.8. The van der Waals surface area contributed by atoms with Gasteiger partial charge >= 0.3 is 5.97 Å². The summed E-state index contributed by atoms with van der Waals surface area (Å²) in [5, 5.41) is 17.3. The molecule has 47 heavy (non-hydrogen) atoms. The molecule has 7 nitrogen and oxygen atoms in total. The standard InChI is InChI=1S/C40H48N4O3/c1-24(45)38-13-6-17-42-19-11-27-26-7-3-4-8-31(26)44(33(27)34(38)42)32(23-38)25-9-10-28-30(21-25)41-40-15-14-37(22-29(40)35(46)47-2)12-5-18-43-20-16-39(28,40)36(37)43/h3-4,7-10,21,24,29,32,34,36,41,45H,5-6,11-20,22-23H2,1-2H3/t24-,29+,32+,34+,36+,37-,38-,39-,40-/m1/s1. The number of aliphatic hydroxyl groups is 1. The van der Waals surface area contributed by atoms with Crippen molar-refractivity contribution in [3.63, 3.8) is 0 Å². The van der Waals surface area contributed by atoms with Gasteiger partial charge in [0, 0.05) is 45.7 Å². The average Bonchev–Trinajstić information content (AvgIpc) is 3.76. The molecule has 3 aromatic rings. The van der Waals surface area contributed by atoms with Gasteiger partial charge in [-0.05, 0) is 125 Å². The van der Waals surface area contributed by atoms with Crippen LogP contribution in [-0.4, -0.2) is 76.4 Å². The molecule has 12 rings (SSSR count). The van der Waals surface area contributed by atoms with Crippen LogP contribution in [0.5, 0.6) is 0 Å². The summed E-state index contributed by atoms with van der Waals surface area (Å²) in [7, 11) is 1.59. The first-order chi connectivity index (χ1) is 22.9. The zero-order chi connectivity index (χ0) is 31.5. The van der Waals surface area contributed by atoms with E-state index >= 15 is 0 Å². The van der Waals surface area contributed by atoms with Crippen molar-refractivity contribution in [2.24, 2.45) is 16.7 Å². The number of carbonyl (C=O) groups is 1. The number of fused-ring (bicyclic) bond motifs is 6. The van der Waals surface area contributed by atoms with E-state index in [1.165, 1.54) is 64.8 Å². The van der Waals surface area contributed by atoms with E-state index < -0.39 is 0 Å². The Kier molecular flexibility index (Phi) is 5.38. The van der Waals surface area contributed by atoms with Crippen LogP contribution >= 0.6 is 0 Å².